The minimum absolute atomic E-state index is 0.204. The Morgan fingerprint density at radius 3 is 2.45 bits per heavy atom. The van der Waals surface area contributed by atoms with Crippen LogP contribution in [-0.4, -0.2) is 24.6 Å². The molecule has 0 bridgehead atoms. The van der Waals surface area contributed by atoms with Crippen LogP contribution in [0.15, 0.2) is 30.3 Å². The summed E-state index contributed by atoms with van der Waals surface area (Å²) in [5, 5.41) is 0. The monoisotopic (exact) mass is 276 g/mol. The number of rotatable bonds is 6. The maximum atomic E-state index is 11.4. The Balaban J connectivity index is 1.80. The fourth-order valence-corrected chi connectivity index (χ4v) is 2.98. The number of hydrogen-bond donors (Lipinski definition) is 0. The van der Waals surface area contributed by atoms with Crippen molar-refractivity contribution in [2.45, 2.75) is 57.3 Å². The topological polar surface area (TPSA) is 35.5 Å². The molecule has 0 N–H and O–H groups in total. The number of hydrogen-bond acceptors (Lipinski definition) is 3. The fraction of sp³-hybridized carbons (Fsp3) is 0.588. The zero-order valence-corrected chi connectivity index (χ0v) is 12.4. The molecule has 1 aromatic rings. The van der Waals surface area contributed by atoms with E-state index < -0.39 is 0 Å². The van der Waals surface area contributed by atoms with Crippen LogP contribution in [-0.2, 0) is 20.9 Å². The molecule has 110 valence electrons. The number of benzene rings is 1. The molecular formula is C17H24O3. The largest absolute Gasteiger partial charge is 0.378 e. The van der Waals surface area contributed by atoms with E-state index in [1.165, 1.54) is 5.56 Å². The summed E-state index contributed by atoms with van der Waals surface area (Å²) >= 11 is 0. The van der Waals surface area contributed by atoms with Gasteiger partial charge in [0.05, 0.1) is 18.3 Å². The van der Waals surface area contributed by atoms with Crippen molar-refractivity contribution in [2.24, 2.45) is 0 Å². The Bertz CT molecular complexity index is 419. The highest BCUT2D eigenvalue weighted by Crippen LogP contribution is 2.35. The first-order chi connectivity index (χ1) is 9.63. The van der Waals surface area contributed by atoms with Crippen LogP contribution in [0.5, 0.6) is 0 Å². The summed E-state index contributed by atoms with van der Waals surface area (Å²) in [6, 6.07) is 10.2. The molecule has 0 spiro atoms. The molecule has 0 atom stereocenters. The second-order valence-electron chi connectivity index (χ2n) is 5.76. The van der Waals surface area contributed by atoms with E-state index in [9.17, 15) is 4.79 Å². The molecule has 0 radical (unpaired) electrons. The normalized spacial score (nSPS) is 26.4. The van der Waals surface area contributed by atoms with Gasteiger partial charge < -0.3 is 9.47 Å². The average Bonchev–Trinajstić information content (AvgIpc) is 2.47. The molecule has 0 amide bonds. The van der Waals surface area contributed by atoms with Crippen molar-refractivity contribution in [2.75, 3.05) is 7.11 Å². The number of ketones is 1. The second kappa shape index (κ2) is 7.00. The molecule has 3 heteroatoms. The van der Waals surface area contributed by atoms with Gasteiger partial charge in [0.2, 0.25) is 0 Å². The first-order valence-corrected chi connectivity index (χ1v) is 7.34. The van der Waals surface area contributed by atoms with Crippen LogP contribution in [0, 0.1) is 0 Å². The summed E-state index contributed by atoms with van der Waals surface area (Å²) in [7, 11) is 1.72. The van der Waals surface area contributed by atoms with E-state index in [2.05, 4.69) is 12.1 Å². The molecule has 1 aliphatic carbocycles. The number of carbonyl (C=O) groups excluding carboxylic acids is 1. The molecule has 20 heavy (non-hydrogen) atoms. The minimum atomic E-state index is -0.252. The van der Waals surface area contributed by atoms with Gasteiger partial charge in [-0.25, -0.2) is 0 Å². The molecule has 1 fully saturated rings. The maximum Gasteiger partial charge on any atom is 0.132 e. The van der Waals surface area contributed by atoms with Crippen molar-refractivity contribution in [3.8, 4) is 0 Å². The van der Waals surface area contributed by atoms with Gasteiger partial charge in [0.15, 0.2) is 0 Å². The van der Waals surface area contributed by atoms with E-state index >= 15 is 0 Å². The van der Waals surface area contributed by atoms with Crippen LogP contribution in [0.4, 0.5) is 0 Å². The third-order valence-corrected chi connectivity index (χ3v) is 4.18. The highest BCUT2D eigenvalue weighted by Gasteiger charge is 2.36. The molecule has 2 rings (SSSR count). The number of carbonyl (C=O) groups is 1. The van der Waals surface area contributed by atoms with Crippen LogP contribution < -0.4 is 0 Å². The highest BCUT2D eigenvalue weighted by molar-refractivity contribution is 5.76. The number of methoxy groups -OCH3 is 1. The van der Waals surface area contributed by atoms with Gasteiger partial charge in [-0.3, -0.25) is 4.79 Å². The van der Waals surface area contributed by atoms with Crippen molar-refractivity contribution in [3.63, 3.8) is 0 Å². The van der Waals surface area contributed by atoms with Gasteiger partial charge in [-0.15, -0.1) is 0 Å². The Hall–Kier alpha value is -1.19. The average molecular weight is 276 g/mol. The zero-order valence-electron chi connectivity index (χ0n) is 12.4. The van der Waals surface area contributed by atoms with Gasteiger partial charge in [0.1, 0.15) is 5.78 Å². The number of ether oxygens (including phenoxy) is 2. The lowest BCUT2D eigenvalue weighted by atomic mass is 9.80. The summed E-state index contributed by atoms with van der Waals surface area (Å²) in [6.45, 7) is 2.30. The SMILES string of the molecule is COC1(CC(C)=O)CCC(OCc2ccccc2)CC1. The quantitative estimate of drug-likeness (QED) is 0.797. The molecule has 0 saturated heterocycles. The summed E-state index contributed by atoms with van der Waals surface area (Å²) < 4.78 is 11.6. The first-order valence-electron chi connectivity index (χ1n) is 7.34. The molecular weight excluding hydrogens is 252 g/mol. The molecule has 1 saturated carbocycles. The van der Waals surface area contributed by atoms with Gasteiger partial charge in [-0.05, 0) is 38.2 Å². The van der Waals surface area contributed by atoms with E-state index in [0.717, 1.165) is 25.7 Å². The van der Waals surface area contributed by atoms with E-state index in [-0.39, 0.29) is 17.5 Å². The van der Waals surface area contributed by atoms with Gasteiger partial charge in [-0.1, -0.05) is 30.3 Å². The lowest BCUT2D eigenvalue weighted by Gasteiger charge is -2.38. The lowest BCUT2D eigenvalue weighted by Crippen LogP contribution is -2.40. The standard InChI is InChI=1S/C17H24O3/c1-14(18)12-17(19-2)10-8-16(9-11-17)20-13-15-6-4-3-5-7-15/h3-7,16H,8-13H2,1-2H3. The molecule has 0 aromatic heterocycles. The van der Waals surface area contributed by atoms with Crippen LogP contribution in [0.3, 0.4) is 0 Å². The highest BCUT2D eigenvalue weighted by atomic mass is 16.5. The van der Waals surface area contributed by atoms with Gasteiger partial charge >= 0.3 is 0 Å². The lowest BCUT2D eigenvalue weighted by molar-refractivity contribution is -0.129. The van der Waals surface area contributed by atoms with Crippen LogP contribution in [0.1, 0.15) is 44.6 Å². The Kier molecular flexibility index (Phi) is 5.32. The molecule has 0 heterocycles. The summed E-state index contributed by atoms with van der Waals surface area (Å²) in [5.41, 5.74) is 0.957. The van der Waals surface area contributed by atoms with Gasteiger partial charge in [-0.2, -0.15) is 0 Å². The van der Waals surface area contributed by atoms with Crippen molar-refractivity contribution in [3.05, 3.63) is 35.9 Å². The Morgan fingerprint density at radius 2 is 1.90 bits per heavy atom. The molecule has 0 aliphatic heterocycles. The predicted molar refractivity (Wildman–Crippen MR) is 78.5 cm³/mol. The second-order valence-corrected chi connectivity index (χ2v) is 5.76. The van der Waals surface area contributed by atoms with Crippen LogP contribution in [0.2, 0.25) is 0 Å². The first kappa shape index (κ1) is 15.2. The van der Waals surface area contributed by atoms with E-state index in [1.54, 1.807) is 14.0 Å². The Labute approximate surface area is 121 Å². The van der Waals surface area contributed by atoms with E-state index in [1.807, 2.05) is 18.2 Å². The molecule has 1 aromatic carbocycles. The zero-order chi connectivity index (χ0) is 14.4. The van der Waals surface area contributed by atoms with Gasteiger partial charge in [0.25, 0.3) is 0 Å². The summed E-state index contributed by atoms with van der Waals surface area (Å²) in [6.07, 6.45) is 4.55. The maximum absolute atomic E-state index is 11.4. The third kappa shape index (κ3) is 4.15. The van der Waals surface area contributed by atoms with Crippen molar-refractivity contribution in [1.29, 1.82) is 0 Å². The van der Waals surface area contributed by atoms with Crippen LogP contribution in [0.25, 0.3) is 0 Å². The van der Waals surface area contributed by atoms with Crippen molar-refractivity contribution >= 4 is 5.78 Å². The molecule has 1 aliphatic rings. The fourth-order valence-electron chi connectivity index (χ4n) is 2.98. The van der Waals surface area contributed by atoms with Crippen LogP contribution >= 0.6 is 0 Å². The van der Waals surface area contributed by atoms with Crippen molar-refractivity contribution in [1.82, 2.24) is 0 Å². The van der Waals surface area contributed by atoms with Crippen molar-refractivity contribution < 1.29 is 14.3 Å². The summed E-state index contributed by atoms with van der Waals surface area (Å²) in [5.74, 6) is 0.204. The smallest absolute Gasteiger partial charge is 0.132 e. The molecule has 3 nitrogen and oxygen atoms in total. The third-order valence-electron chi connectivity index (χ3n) is 4.18. The summed E-state index contributed by atoms with van der Waals surface area (Å²) in [4.78, 5) is 11.4. The van der Waals surface area contributed by atoms with E-state index in [4.69, 9.17) is 9.47 Å². The molecule has 0 unspecified atom stereocenters. The van der Waals surface area contributed by atoms with Gasteiger partial charge in [0, 0.05) is 13.5 Å². The van der Waals surface area contributed by atoms with E-state index in [0.29, 0.717) is 13.0 Å². The predicted octanol–water partition coefficient (Wildman–Crippen LogP) is 3.51. The Morgan fingerprint density at radius 1 is 1.25 bits per heavy atom. The number of Topliss-reactive ketones (excluding diaryl/α,β-unsaturated/α-hetero) is 1. The minimum Gasteiger partial charge on any atom is -0.378 e.